The third-order valence-corrected chi connectivity index (χ3v) is 1.37. The summed E-state index contributed by atoms with van der Waals surface area (Å²) in [6.45, 7) is 0. The van der Waals surface area contributed by atoms with Crippen LogP contribution in [0.4, 0.5) is 13.2 Å². The van der Waals surface area contributed by atoms with Gasteiger partial charge in [0, 0.05) is 5.56 Å². The van der Waals surface area contributed by atoms with Gasteiger partial charge in [0.1, 0.15) is 5.82 Å². The Bertz CT molecular complexity index is 254. The molecule has 0 amide bonds. The number of hydrogen-bond acceptors (Lipinski definition) is 0. The van der Waals surface area contributed by atoms with Gasteiger partial charge in [0.05, 0.1) is 0 Å². The molecule has 0 aromatic heterocycles. The number of benzene rings is 1. The third-order valence-electron chi connectivity index (χ3n) is 1.15. The predicted molar refractivity (Wildman–Crippen MR) is 36.1 cm³/mol. The summed E-state index contributed by atoms with van der Waals surface area (Å²) in [4.78, 5) is 0. The van der Waals surface area contributed by atoms with E-state index in [9.17, 15) is 13.2 Å². The van der Waals surface area contributed by atoms with Crippen molar-refractivity contribution in [3.05, 3.63) is 35.6 Å². The lowest BCUT2D eigenvalue weighted by molar-refractivity contribution is 0.0947. The van der Waals surface area contributed by atoms with Crippen LogP contribution >= 0.6 is 11.6 Å². The molecule has 4 heteroatoms. The SMILES string of the molecule is Fc1cccc(C(F)(F)Cl)c1. The monoisotopic (exact) mass is 180 g/mol. The zero-order valence-electron chi connectivity index (χ0n) is 5.32. The van der Waals surface area contributed by atoms with Crippen LogP contribution in [0.5, 0.6) is 0 Å². The van der Waals surface area contributed by atoms with E-state index < -0.39 is 16.8 Å². The van der Waals surface area contributed by atoms with Crippen molar-refractivity contribution in [3.8, 4) is 0 Å². The van der Waals surface area contributed by atoms with Crippen molar-refractivity contribution >= 4 is 11.6 Å². The quantitative estimate of drug-likeness (QED) is 0.583. The molecule has 0 N–H and O–H groups in total. The summed E-state index contributed by atoms with van der Waals surface area (Å²) in [6.07, 6.45) is 0. The summed E-state index contributed by atoms with van der Waals surface area (Å²) in [6, 6.07) is 4.02. The minimum absolute atomic E-state index is 0.529. The molecular weight excluding hydrogens is 177 g/mol. The Morgan fingerprint density at radius 3 is 2.27 bits per heavy atom. The Kier molecular flexibility index (Phi) is 2.09. The zero-order valence-corrected chi connectivity index (χ0v) is 6.08. The van der Waals surface area contributed by atoms with Crippen molar-refractivity contribution in [1.82, 2.24) is 0 Å². The molecular formula is C7H4ClF3. The van der Waals surface area contributed by atoms with Gasteiger partial charge in [-0.15, -0.1) is 0 Å². The molecule has 0 fully saturated rings. The van der Waals surface area contributed by atoms with Crippen LogP contribution < -0.4 is 0 Å². The third kappa shape index (κ3) is 2.12. The van der Waals surface area contributed by atoms with Crippen molar-refractivity contribution in [2.45, 2.75) is 5.38 Å². The summed E-state index contributed by atoms with van der Waals surface area (Å²) in [7, 11) is 0. The van der Waals surface area contributed by atoms with Gasteiger partial charge in [-0.25, -0.2) is 4.39 Å². The molecule has 11 heavy (non-hydrogen) atoms. The van der Waals surface area contributed by atoms with E-state index in [0.717, 1.165) is 12.1 Å². The van der Waals surface area contributed by atoms with Crippen LogP contribution in [-0.2, 0) is 5.38 Å². The van der Waals surface area contributed by atoms with Crippen molar-refractivity contribution in [1.29, 1.82) is 0 Å². The van der Waals surface area contributed by atoms with Crippen LogP contribution in [0.2, 0.25) is 0 Å². The smallest absolute Gasteiger partial charge is 0.207 e. The lowest BCUT2D eigenvalue weighted by Gasteiger charge is -2.06. The van der Waals surface area contributed by atoms with Gasteiger partial charge >= 0.3 is 5.38 Å². The summed E-state index contributed by atoms with van der Waals surface area (Å²) in [5, 5.41) is -3.48. The van der Waals surface area contributed by atoms with Crippen LogP contribution in [0.1, 0.15) is 5.56 Å². The maximum atomic E-state index is 12.3. The number of rotatable bonds is 1. The minimum Gasteiger partial charge on any atom is -0.207 e. The topological polar surface area (TPSA) is 0 Å². The van der Waals surface area contributed by atoms with Crippen molar-refractivity contribution < 1.29 is 13.2 Å². The Morgan fingerprint density at radius 2 is 1.91 bits per heavy atom. The zero-order chi connectivity index (χ0) is 8.48. The van der Waals surface area contributed by atoms with E-state index in [1.165, 1.54) is 6.07 Å². The van der Waals surface area contributed by atoms with Crippen molar-refractivity contribution in [2.24, 2.45) is 0 Å². The molecule has 1 aromatic carbocycles. The van der Waals surface area contributed by atoms with E-state index >= 15 is 0 Å². The highest BCUT2D eigenvalue weighted by atomic mass is 35.5. The second kappa shape index (κ2) is 2.74. The highest BCUT2D eigenvalue weighted by Crippen LogP contribution is 2.32. The fourth-order valence-electron chi connectivity index (χ4n) is 0.665. The molecule has 0 atom stereocenters. The largest absolute Gasteiger partial charge is 0.348 e. The molecule has 0 unspecified atom stereocenters. The van der Waals surface area contributed by atoms with Crippen LogP contribution in [0.15, 0.2) is 24.3 Å². The van der Waals surface area contributed by atoms with E-state index in [2.05, 4.69) is 11.6 Å². The second-order valence-corrected chi connectivity index (χ2v) is 2.48. The molecule has 1 rings (SSSR count). The molecule has 0 nitrogen and oxygen atoms in total. The van der Waals surface area contributed by atoms with Gasteiger partial charge in [-0.1, -0.05) is 12.1 Å². The van der Waals surface area contributed by atoms with Crippen LogP contribution in [0.3, 0.4) is 0 Å². The highest BCUT2D eigenvalue weighted by molar-refractivity contribution is 6.21. The first-order chi connectivity index (χ1) is 5.00. The van der Waals surface area contributed by atoms with Gasteiger partial charge in [-0.3, -0.25) is 0 Å². The molecule has 0 saturated carbocycles. The van der Waals surface area contributed by atoms with E-state index in [1.807, 2.05) is 0 Å². The fraction of sp³-hybridized carbons (Fsp3) is 0.143. The van der Waals surface area contributed by atoms with Gasteiger partial charge in [-0.2, -0.15) is 8.78 Å². The first-order valence-corrected chi connectivity index (χ1v) is 3.21. The van der Waals surface area contributed by atoms with E-state index in [4.69, 9.17) is 0 Å². The average molecular weight is 181 g/mol. The Morgan fingerprint density at radius 1 is 1.27 bits per heavy atom. The molecule has 1 aromatic rings. The van der Waals surface area contributed by atoms with E-state index in [1.54, 1.807) is 0 Å². The van der Waals surface area contributed by atoms with Gasteiger partial charge in [0.25, 0.3) is 0 Å². The number of halogens is 4. The van der Waals surface area contributed by atoms with Crippen molar-refractivity contribution in [2.75, 3.05) is 0 Å². The second-order valence-electron chi connectivity index (χ2n) is 2.01. The van der Waals surface area contributed by atoms with Crippen LogP contribution in [0, 0.1) is 5.82 Å². The fourth-order valence-corrected chi connectivity index (χ4v) is 0.782. The molecule has 0 radical (unpaired) electrons. The number of alkyl halides is 3. The van der Waals surface area contributed by atoms with Gasteiger partial charge < -0.3 is 0 Å². The normalized spacial score (nSPS) is 11.6. The predicted octanol–water partition coefficient (Wildman–Crippen LogP) is 3.11. The lowest BCUT2D eigenvalue weighted by atomic mass is 10.2. The summed E-state index contributed by atoms with van der Waals surface area (Å²) in [5.41, 5.74) is -0.529. The molecule has 0 spiro atoms. The number of hydrogen-bond donors (Lipinski definition) is 0. The standard InChI is InChI=1S/C7H4ClF3/c8-7(10,11)5-2-1-3-6(9)4-5/h1-4H. The maximum absolute atomic E-state index is 12.3. The summed E-state index contributed by atoms with van der Waals surface area (Å²) < 4.78 is 36.8. The Labute approximate surface area is 66.6 Å². The summed E-state index contributed by atoms with van der Waals surface area (Å²) >= 11 is 4.63. The Balaban J connectivity index is 3.06. The first-order valence-electron chi connectivity index (χ1n) is 2.83. The van der Waals surface area contributed by atoms with Crippen LogP contribution in [-0.4, -0.2) is 0 Å². The van der Waals surface area contributed by atoms with Gasteiger partial charge in [0.15, 0.2) is 0 Å². The Hall–Kier alpha value is -0.700. The average Bonchev–Trinajstić information content (AvgIpc) is 1.86. The van der Waals surface area contributed by atoms with Gasteiger partial charge in [0.2, 0.25) is 0 Å². The molecule has 0 saturated heterocycles. The van der Waals surface area contributed by atoms with Crippen molar-refractivity contribution in [3.63, 3.8) is 0 Å². The van der Waals surface area contributed by atoms with E-state index in [0.29, 0.717) is 6.07 Å². The molecule has 0 heterocycles. The molecule has 0 aliphatic rings. The van der Waals surface area contributed by atoms with E-state index in [-0.39, 0.29) is 0 Å². The summed E-state index contributed by atoms with van der Waals surface area (Å²) in [5.74, 6) is -0.720. The lowest BCUT2D eigenvalue weighted by Crippen LogP contribution is -2.02. The molecule has 0 aliphatic heterocycles. The first kappa shape index (κ1) is 8.40. The maximum Gasteiger partial charge on any atom is 0.348 e. The molecule has 0 bridgehead atoms. The minimum atomic E-state index is -3.48. The van der Waals surface area contributed by atoms with Crippen LogP contribution in [0.25, 0.3) is 0 Å². The van der Waals surface area contributed by atoms with Gasteiger partial charge in [-0.05, 0) is 23.7 Å². The molecule has 0 aliphatic carbocycles. The highest BCUT2D eigenvalue weighted by Gasteiger charge is 2.27. The molecule has 60 valence electrons.